The summed E-state index contributed by atoms with van der Waals surface area (Å²) in [7, 11) is 0. The van der Waals surface area contributed by atoms with E-state index in [1.54, 1.807) is 18.5 Å². The van der Waals surface area contributed by atoms with E-state index < -0.39 is 0 Å². The van der Waals surface area contributed by atoms with Gasteiger partial charge >= 0.3 is 0 Å². The van der Waals surface area contributed by atoms with Gasteiger partial charge in [0.2, 0.25) is 0 Å². The molecule has 0 spiro atoms. The number of hydrogen-bond acceptors (Lipinski definition) is 3. The summed E-state index contributed by atoms with van der Waals surface area (Å²) in [5.41, 5.74) is 3.71. The van der Waals surface area contributed by atoms with Crippen LogP contribution in [0.3, 0.4) is 0 Å². The number of aryl methyl sites for hydroxylation is 1. The van der Waals surface area contributed by atoms with E-state index in [2.05, 4.69) is 28.4 Å². The van der Waals surface area contributed by atoms with Gasteiger partial charge in [-0.05, 0) is 38.5 Å². The highest BCUT2D eigenvalue weighted by atomic mass is 16.3. The molecule has 3 rings (SSSR count). The summed E-state index contributed by atoms with van der Waals surface area (Å²) < 4.78 is 2.17. The first-order chi connectivity index (χ1) is 9.58. The van der Waals surface area contributed by atoms with Gasteiger partial charge in [0.15, 0.2) is 0 Å². The van der Waals surface area contributed by atoms with Crippen LogP contribution in [-0.2, 0) is 0 Å². The number of phenolic OH excluding ortho intramolecular Hbond substituents is 1. The Morgan fingerprint density at radius 1 is 1.20 bits per heavy atom. The lowest BCUT2D eigenvalue weighted by atomic mass is 10.1. The lowest BCUT2D eigenvalue weighted by molar-refractivity contribution is 0.471. The van der Waals surface area contributed by atoms with Gasteiger partial charge < -0.3 is 9.67 Å². The van der Waals surface area contributed by atoms with Gasteiger partial charge in [-0.25, -0.2) is 4.98 Å². The number of aromatic hydroxyl groups is 1. The maximum absolute atomic E-state index is 9.92. The summed E-state index contributed by atoms with van der Waals surface area (Å²) in [6.07, 6.45) is 3.55. The molecule has 20 heavy (non-hydrogen) atoms. The third kappa shape index (κ3) is 1.93. The summed E-state index contributed by atoms with van der Waals surface area (Å²) in [6.45, 7) is 6.13. The fourth-order valence-corrected chi connectivity index (χ4v) is 2.43. The summed E-state index contributed by atoms with van der Waals surface area (Å²) in [6, 6.07) is 7.92. The van der Waals surface area contributed by atoms with Crippen molar-refractivity contribution in [3.05, 3.63) is 42.2 Å². The number of phenols is 1. The zero-order chi connectivity index (χ0) is 14.3. The van der Waals surface area contributed by atoms with E-state index in [0.29, 0.717) is 5.75 Å². The molecule has 0 aliphatic rings. The van der Waals surface area contributed by atoms with Crippen LogP contribution in [0.5, 0.6) is 5.75 Å². The van der Waals surface area contributed by atoms with Gasteiger partial charge in [-0.3, -0.25) is 4.98 Å². The largest absolute Gasteiger partial charge is 0.508 e. The van der Waals surface area contributed by atoms with Gasteiger partial charge in [0, 0.05) is 17.8 Å². The zero-order valence-electron chi connectivity index (χ0n) is 11.8. The molecule has 0 atom stereocenters. The van der Waals surface area contributed by atoms with Crippen LogP contribution < -0.4 is 0 Å². The molecule has 0 aliphatic carbocycles. The SMILES string of the molecule is Cc1ccc(-c2nc3cnccc3n2C(C)C)cc1O. The van der Waals surface area contributed by atoms with Crippen molar-refractivity contribution < 1.29 is 5.11 Å². The number of rotatable bonds is 2. The van der Waals surface area contributed by atoms with Crippen molar-refractivity contribution in [1.82, 2.24) is 14.5 Å². The lowest BCUT2D eigenvalue weighted by Crippen LogP contribution is -2.03. The van der Waals surface area contributed by atoms with Crippen molar-refractivity contribution in [3.8, 4) is 17.1 Å². The second-order valence-electron chi connectivity index (χ2n) is 5.26. The zero-order valence-corrected chi connectivity index (χ0v) is 11.8. The molecule has 0 unspecified atom stereocenters. The van der Waals surface area contributed by atoms with Crippen molar-refractivity contribution in [1.29, 1.82) is 0 Å². The maximum atomic E-state index is 9.92. The minimum Gasteiger partial charge on any atom is -0.508 e. The number of pyridine rings is 1. The lowest BCUT2D eigenvalue weighted by Gasteiger charge is -2.13. The van der Waals surface area contributed by atoms with E-state index >= 15 is 0 Å². The van der Waals surface area contributed by atoms with Crippen LogP contribution >= 0.6 is 0 Å². The van der Waals surface area contributed by atoms with Crippen molar-refractivity contribution in [2.45, 2.75) is 26.8 Å². The number of aromatic nitrogens is 3. The van der Waals surface area contributed by atoms with Gasteiger partial charge in [-0.1, -0.05) is 12.1 Å². The molecule has 0 fully saturated rings. The standard InChI is InChI=1S/C16H17N3O/c1-10(2)19-14-6-7-17-9-13(14)18-16(19)12-5-4-11(3)15(20)8-12/h4-10,20H,1-3H3. The molecule has 2 aromatic heterocycles. The minimum absolute atomic E-state index is 0.279. The Bertz CT molecular complexity index is 774. The molecule has 102 valence electrons. The summed E-state index contributed by atoms with van der Waals surface area (Å²) in [5.74, 6) is 1.15. The highest BCUT2D eigenvalue weighted by molar-refractivity contribution is 5.80. The van der Waals surface area contributed by atoms with Gasteiger partial charge in [0.05, 0.1) is 11.7 Å². The Hall–Kier alpha value is -2.36. The van der Waals surface area contributed by atoms with Crippen molar-refractivity contribution in [3.63, 3.8) is 0 Å². The number of fused-ring (bicyclic) bond motifs is 1. The highest BCUT2D eigenvalue weighted by Crippen LogP contribution is 2.30. The average Bonchev–Trinajstić information content (AvgIpc) is 2.81. The fourth-order valence-electron chi connectivity index (χ4n) is 2.43. The Morgan fingerprint density at radius 3 is 2.70 bits per heavy atom. The molecular weight excluding hydrogens is 250 g/mol. The Kier molecular flexibility index (Phi) is 2.93. The van der Waals surface area contributed by atoms with Crippen molar-refractivity contribution in [2.24, 2.45) is 0 Å². The van der Waals surface area contributed by atoms with E-state index in [-0.39, 0.29) is 6.04 Å². The van der Waals surface area contributed by atoms with Gasteiger partial charge in [-0.2, -0.15) is 0 Å². The minimum atomic E-state index is 0.279. The third-order valence-corrected chi connectivity index (χ3v) is 3.48. The van der Waals surface area contributed by atoms with Crippen molar-refractivity contribution in [2.75, 3.05) is 0 Å². The van der Waals surface area contributed by atoms with E-state index in [0.717, 1.165) is 28.0 Å². The molecule has 1 N–H and O–H groups in total. The van der Waals surface area contributed by atoms with Gasteiger partial charge in [0.25, 0.3) is 0 Å². The highest BCUT2D eigenvalue weighted by Gasteiger charge is 2.15. The van der Waals surface area contributed by atoms with Crippen LogP contribution in [0.4, 0.5) is 0 Å². The molecule has 0 aliphatic heterocycles. The van der Waals surface area contributed by atoms with E-state index in [1.165, 1.54) is 0 Å². The Labute approximate surface area is 117 Å². The first-order valence-corrected chi connectivity index (χ1v) is 6.70. The molecule has 4 nitrogen and oxygen atoms in total. The van der Waals surface area contributed by atoms with Crippen LogP contribution in [0.2, 0.25) is 0 Å². The molecule has 2 heterocycles. The van der Waals surface area contributed by atoms with Crippen LogP contribution in [0.15, 0.2) is 36.7 Å². The number of imidazole rings is 1. The Balaban J connectivity index is 2.29. The topological polar surface area (TPSA) is 50.9 Å². The van der Waals surface area contributed by atoms with E-state index in [9.17, 15) is 5.11 Å². The van der Waals surface area contributed by atoms with Crippen molar-refractivity contribution >= 4 is 11.0 Å². The van der Waals surface area contributed by atoms with Crippen LogP contribution in [0, 0.1) is 6.92 Å². The molecule has 0 radical (unpaired) electrons. The number of benzene rings is 1. The molecular formula is C16H17N3O. The van der Waals surface area contributed by atoms with E-state index in [1.807, 2.05) is 25.1 Å². The number of hydrogen-bond donors (Lipinski definition) is 1. The maximum Gasteiger partial charge on any atom is 0.141 e. The van der Waals surface area contributed by atoms with Crippen LogP contribution in [0.25, 0.3) is 22.4 Å². The second kappa shape index (κ2) is 4.63. The van der Waals surface area contributed by atoms with Gasteiger partial charge in [-0.15, -0.1) is 0 Å². The smallest absolute Gasteiger partial charge is 0.141 e. The quantitative estimate of drug-likeness (QED) is 0.770. The molecule has 0 saturated carbocycles. The summed E-state index contributed by atoms with van der Waals surface area (Å²) >= 11 is 0. The second-order valence-corrected chi connectivity index (χ2v) is 5.26. The fraction of sp³-hybridized carbons (Fsp3) is 0.250. The third-order valence-electron chi connectivity index (χ3n) is 3.48. The van der Waals surface area contributed by atoms with Crippen LogP contribution in [-0.4, -0.2) is 19.6 Å². The normalized spacial score (nSPS) is 11.4. The predicted octanol–water partition coefficient (Wildman–Crippen LogP) is 3.69. The van der Waals surface area contributed by atoms with Crippen LogP contribution in [0.1, 0.15) is 25.5 Å². The Morgan fingerprint density at radius 2 is 2.00 bits per heavy atom. The molecule has 0 amide bonds. The van der Waals surface area contributed by atoms with Gasteiger partial charge in [0.1, 0.15) is 17.1 Å². The summed E-state index contributed by atoms with van der Waals surface area (Å²) in [5, 5.41) is 9.92. The monoisotopic (exact) mass is 267 g/mol. The molecule has 4 heteroatoms. The first-order valence-electron chi connectivity index (χ1n) is 6.70. The molecule has 1 aromatic carbocycles. The average molecular weight is 267 g/mol. The predicted molar refractivity (Wildman–Crippen MR) is 79.8 cm³/mol. The molecule has 3 aromatic rings. The molecule has 0 bridgehead atoms. The molecule has 0 saturated heterocycles. The summed E-state index contributed by atoms with van der Waals surface area (Å²) in [4.78, 5) is 8.79. The first kappa shape index (κ1) is 12.7. The van der Waals surface area contributed by atoms with E-state index in [4.69, 9.17) is 0 Å². The number of nitrogens with zero attached hydrogens (tertiary/aromatic N) is 3.